The Labute approximate surface area is 142 Å². The van der Waals surface area contributed by atoms with Crippen molar-refractivity contribution in [3.8, 4) is 0 Å². The van der Waals surface area contributed by atoms with Gasteiger partial charge < -0.3 is 9.64 Å². The Morgan fingerprint density at radius 2 is 2.09 bits per heavy atom. The number of nitrogens with zero attached hydrogens (tertiary/aromatic N) is 5. The van der Waals surface area contributed by atoms with Crippen molar-refractivity contribution in [1.82, 2.24) is 19.6 Å². The summed E-state index contributed by atoms with van der Waals surface area (Å²) in [7, 11) is 0. The van der Waals surface area contributed by atoms with Crippen molar-refractivity contribution < 1.29 is 4.74 Å². The lowest BCUT2D eigenvalue weighted by Crippen LogP contribution is -2.39. The first-order valence-electron chi connectivity index (χ1n) is 7.50. The maximum atomic E-state index is 5.96. The average Bonchev–Trinajstić information content (AvgIpc) is 3.03. The van der Waals surface area contributed by atoms with Crippen LogP contribution >= 0.6 is 15.9 Å². The molecule has 0 N–H and O–H groups in total. The molecule has 1 saturated heterocycles. The molecule has 1 atom stereocenters. The smallest absolute Gasteiger partial charge is 0.254 e. The molecule has 2 aromatic heterocycles. The number of anilines is 1. The fourth-order valence-corrected chi connectivity index (χ4v) is 3.14. The molecule has 1 aliphatic heterocycles. The topological polar surface area (TPSA) is 55.6 Å². The van der Waals surface area contributed by atoms with E-state index in [0.717, 1.165) is 29.1 Å². The molecule has 0 amide bonds. The summed E-state index contributed by atoms with van der Waals surface area (Å²) in [5.41, 5.74) is 2.12. The van der Waals surface area contributed by atoms with Gasteiger partial charge in [-0.1, -0.05) is 28.1 Å². The standard InChI is InChI=1S/C16H16BrN5O/c1-11-8-15(22-16(20-11)18-10-19-22)21-6-7-23-14(9-21)12-2-4-13(17)5-3-12/h2-5,8,10,14H,6-7,9H2,1H3. The normalized spacial score (nSPS) is 18.5. The fraction of sp³-hybridized carbons (Fsp3) is 0.312. The molecule has 6 nitrogen and oxygen atoms in total. The summed E-state index contributed by atoms with van der Waals surface area (Å²) >= 11 is 3.47. The largest absolute Gasteiger partial charge is 0.370 e. The molecule has 23 heavy (non-hydrogen) atoms. The molecule has 0 aliphatic carbocycles. The van der Waals surface area contributed by atoms with Gasteiger partial charge in [0.15, 0.2) is 0 Å². The molecule has 0 saturated carbocycles. The van der Waals surface area contributed by atoms with Crippen molar-refractivity contribution in [1.29, 1.82) is 0 Å². The predicted octanol–water partition coefficient (Wildman–Crippen LogP) is 2.77. The number of benzene rings is 1. The molecule has 1 fully saturated rings. The molecular formula is C16H16BrN5O. The molecule has 1 aliphatic rings. The van der Waals surface area contributed by atoms with Crippen LogP contribution < -0.4 is 4.90 Å². The van der Waals surface area contributed by atoms with E-state index in [-0.39, 0.29) is 6.10 Å². The molecule has 0 bridgehead atoms. The summed E-state index contributed by atoms with van der Waals surface area (Å²) in [5.74, 6) is 1.64. The van der Waals surface area contributed by atoms with Gasteiger partial charge in [0, 0.05) is 29.3 Å². The van der Waals surface area contributed by atoms with Gasteiger partial charge >= 0.3 is 0 Å². The quantitative estimate of drug-likeness (QED) is 0.691. The molecule has 7 heteroatoms. The van der Waals surface area contributed by atoms with Gasteiger partial charge in [0.25, 0.3) is 5.78 Å². The summed E-state index contributed by atoms with van der Waals surface area (Å²) in [6.07, 6.45) is 1.58. The van der Waals surface area contributed by atoms with Gasteiger partial charge in [-0.25, -0.2) is 4.98 Å². The minimum atomic E-state index is 0.0453. The van der Waals surface area contributed by atoms with Crippen LogP contribution in [-0.2, 0) is 4.74 Å². The van der Waals surface area contributed by atoms with Crippen LogP contribution in [0.4, 0.5) is 5.82 Å². The van der Waals surface area contributed by atoms with Crippen molar-refractivity contribution in [3.63, 3.8) is 0 Å². The van der Waals surface area contributed by atoms with E-state index < -0.39 is 0 Å². The first-order valence-corrected chi connectivity index (χ1v) is 8.29. The lowest BCUT2D eigenvalue weighted by atomic mass is 10.1. The third-order valence-electron chi connectivity index (χ3n) is 3.99. The van der Waals surface area contributed by atoms with E-state index in [0.29, 0.717) is 12.4 Å². The number of aryl methyl sites for hydroxylation is 1. The summed E-state index contributed by atoms with van der Waals surface area (Å²) in [4.78, 5) is 10.9. The zero-order valence-electron chi connectivity index (χ0n) is 12.7. The molecule has 1 unspecified atom stereocenters. The van der Waals surface area contributed by atoms with E-state index in [1.54, 1.807) is 4.52 Å². The van der Waals surface area contributed by atoms with Crippen LogP contribution in [0.5, 0.6) is 0 Å². The number of halogens is 1. The zero-order valence-corrected chi connectivity index (χ0v) is 14.3. The SMILES string of the molecule is Cc1cc(N2CCOC(c3ccc(Br)cc3)C2)n2ncnc2n1. The molecule has 0 spiro atoms. The maximum absolute atomic E-state index is 5.96. The summed E-state index contributed by atoms with van der Waals surface area (Å²) in [6, 6.07) is 10.3. The van der Waals surface area contributed by atoms with Crippen LogP contribution in [0.2, 0.25) is 0 Å². The molecule has 118 valence electrons. The Balaban J connectivity index is 1.66. The molecule has 0 radical (unpaired) electrons. The highest BCUT2D eigenvalue weighted by molar-refractivity contribution is 9.10. The second-order valence-electron chi connectivity index (χ2n) is 5.58. The molecule has 3 heterocycles. The monoisotopic (exact) mass is 373 g/mol. The van der Waals surface area contributed by atoms with Gasteiger partial charge in [-0.3, -0.25) is 0 Å². The van der Waals surface area contributed by atoms with Crippen LogP contribution in [0.15, 0.2) is 41.1 Å². The van der Waals surface area contributed by atoms with Gasteiger partial charge in [-0.15, -0.1) is 0 Å². The first kappa shape index (κ1) is 14.6. The van der Waals surface area contributed by atoms with Crippen molar-refractivity contribution >= 4 is 27.5 Å². The lowest BCUT2D eigenvalue weighted by molar-refractivity contribution is 0.0394. The lowest BCUT2D eigenvalue weighted by Gasteiger charge is -2.34. The Kier molecular flexibility index (Phi) is 3.74. The van der Waals surface area contributed by atoms with E-state index in [1.807, 2.05) is 25.1 Å². The predicted molar refractivity (Wildman–Crippen MR) is 90.6 cm³/mol. The summed E-state index contributed by atoms with van der Waals surface area (Å²) in [6.45, 7) is 4.26. The van der Waals surface area contributed by atoms with Gasteiger partial charge in [-0.2, -0.15) is 14.6 Å². The number of morpholine rings is 1. The van der Waals surface area contributed by atoms with Crippen LogP contribution in [0, 0.1) is 6.92 Å². The summed E-state index contributed by atoms with van der Waals surface area (Å²) in [5, 5.41) is 4.30. The van der Waals surface area contributed by atoms with Gasteiger partial charge in [0.05, 0.1) is 6.61 Å². The highest BCUT2D eigenvalue weighted by Gasteiger charge is 2.24. The molecule has 3 aromatic rings. The van der Waals surface area contributed by atoms with Gasteiger partial charge in [0.2, 0.25) is 0 Å². The Hall–Kier alpha value is -1.99. The number of hydrogen-bond acceptors (Lipinski definition) is 5. The van der Waals surface area contributed by atoms with Crippen LogP contribution in [0.1, 0.15) is 17.4 Å². The van der Waals surface area contributed by atoms with E-state index in [1.165, 1.54) is 11.9 Å². The van der Waals surface area contributed by atoms with Crippen LogP contribution in [0.25, 0.3) is 5.78 Å². The Morgan fingerprint density at radius 3 is 2.91 bits per heavy atom. The maximum Gasteiger partial charge on any atom is 0.254 e. The van der Waals surface area contributed by atoms with Gasteiger partial charge in [-0.05, 0) is 24.6 Å². The van der Waals surface area contributed by atoms with E-state index in [4.69, 9.17) is 4.74 Å². The third kappa shape index (κ3) is 2.82. The molecule has 4 rings (SSSR count). The van der Waals surface area contributed by atoms with Crippen LogP contribution in [-0.4, -0.2) is 39.3 Å². The number of ether oxygens (including phenoxy) is 1. The Morgan fingerprint density at radius 1 is 1.26 bits per heavy atom. The summed E-state index contributed by atoms with van der Waals surface area (Å²) < 4.78 is 8.82. The highest BCUT2D eigenvalue weighted by Crippen LogP contribution is 2.27. The number of rotatable bonds is 2. The molecular weight excluding hydrogens is 358 g/mol. The van der Waals surface area contributed by atoms with Crippen molar-refractivity contribution in [2.24, 2.45) is 0 Å². The van der Waals surface area contributed by atoms with Crippen molar-refractivity contribution in [2.45, 2.75) is 13.0 Å². The third-order valence-corrected chi connectivity index (χ3v) is 4.52. The number of fused-ring (bicyclic) bond motifs is 1. The van der Waals surface area contributed by atoms with E-state index >= 15 is 0 Å². The second kappa shape index (κ2) is 5.90. The minimum Gasteiger partial charge on any atom is -0.370 e. The fourth-order valence-electron chi connectivity index (χ4n) is 2.87. The number of aromatic nitrogens is 4. The second-order valence-corrected chi connectivity index (χ2v) is 6.50. The molecule has 1 aromatic carbocycles. The van der Waals surface area contributed by atoms with Crippen molar-refractivity contribution in [3.05, 3.63) is 52.4 Å². The average molecular weight is 374 g/mol. The van der Waals surface area contributed by atoms with Crippen molar-refractivity contribution in [2.75, 3.05) is 24.6 Å². The Bertz CT molecular complexity index is 832. The van der Waals surface area contributed by atoms with Gasteiger partial charge in [0.1, 0.15) is 18.2 Å². The highest BCUT2D eigenvalue weighted by atomic mass is 79.9. The van der Waals surface area contributed by atoms with E-state index in [2.05, 4.69) is 48.0 Å². The first-order chi connectivity index (χ1) is 11.2. The minimum absolute atomic E-state index is 0.0453. The van der Waals surface area contributed by atoms with E-state index in [9.17, 15) is 0 Å². The number of hydrogen-bond donors (Lipinski definition) is 0. The van der Waals surface area contributed by atoms with Crippen LogP contribution in [0.3, 0.4) is 0 Å². The zero-order chi connectivity index (χ0) is 15.8.